The van der Waals surface area contributed by atoms with Crippen molar-refractivity contribution in [3.05, 3.63) is 29.0 Å². The summed E-state index contributed by atoms with van der Waals surface area (Å²) >= 11 is 5.75. The summed E-state index contributed by atoms with van der Waals surface area (Å²) in [4.78, 5) is 0. The van der Waals surface area contributed by atoms with E-state index in [0.717, 1.165) is 0 Å². The number of nitrogens with one attached hydrogen (secondary N) is 1. The van der Waals surface area contributed by atoms with Gasteiger partial charge in [-0.2, -0.15) is 0 Å². The van der Waals surface area contributed by atoms with Crippen LogP contribution in [-0.4, -0.2) is 19.7 Å². The van der Waals surface area contributed by atoms with Crippen LogP contribution in [-0.2, 0) is 0 Å². The maximum absolute atomic E-state index is 13.2. The fourth-order valence-electron chi connectivity index (χ4n) is 1.01. The monoisotopic (exact) mass is 227 g/mol. The van der Waals surface area contributed by atoms with Crippen LogP contribution in [0.15, 0.2) is 18.2 Å². The summed E-state index contributed by atoms with van der Waals surface area (Å²) in [7, 11) is 0. The van der Waals surface area contributed by atoms with Crippen LogP contribution < -0.4 is 10.1 Å². The van der Waals surface area contributed by atoms with Gasteiger partial charge in [0.15, 0.2) is 11.6 Å². The highest BCUT2D eigenvalue weighted by molar-refractivity contribution is 6.32. The third kappa shape index (κ3) is 3.78. The van der Waals surface area contributed by atoms with E-state index in [2.05, 4.69) is 11.2 Å². The maximum atomic E-state index is 13.2. The SMILES string of the molecule is C#CCNCCOc1c(F)cccc1Cl. The summed E-state index contributed by atoms with van der Waals surface area (Å²) in [6, 6.07) is 4.41. The van der Waals surface area contributed by atoms with Gasteiger partial charge in [0, 0.05) is 6.54 Å². The van der Waals surface area contributed by atoms with Crippen LogP contribution in [0.25, 0.3) is 0 Å². The average Bonchev–Trinajstić information content (AvgIpc) is 2.21. The Kier molecular flexibility index (Phi) is 4.96. The molecule has 0 amide bonds. The van der Waals surface area contributed by atoms with Crippen molar-refractivity contribution in [2.45, 2.75) is 0 Å². The number of rotatable bonds is 5. The molecular formula is C11H11ClFNO. The minimum Gasteiger partial charge on any atom is -0.488 e. The molecule has 0 aliphatic heterocycles. The van der Waals surface area contributed by atoms with Crippen molar-refractivity contribution in [2.24, 2.45) is 0 Å². The van der Waals surface area contributed by atoms with Gasteiger partial charge in [-0.15, -0.1) is 6.42 Å². The molecule has 0 saturated heterocycles. The number of halogens is 2. The van der Waals surface area contributed by atoms with Crippen molar-refractivity contribution in [1.82, 2.24) is 5.32 Å². The Hall–Kier alpha value is -1.24. The molecular weight excluding hydrogens is 217 g/mol. The van der Waals surface area contributed by atoms with Crippen LogP contribution >= 0.6 is 11.6 Å². The zero-order valence-electron chi connectivity index (χ0n) is 8.09. The van der Waals surface area contributed by atoms with Crippen LogP contribution in [0.1, 0.15) is 0 Å². The summed E-state index contributed by atoms with van der Waals surface area (Å²) in [6.45, 7) is 1.34. The van der Waals surface area contributed by atoms with Gasteiger partial charge in [0.05, 0.1) is 11.6 Å². The summed E-state index contributed by atoms with van der Waals surface area (Å²) in [5.41, 5.74) is 0. The average molecular weight is 228 g/mol. The normalized spacial score (nSPS) is 9.67. The zero-order chi connectivity index (χ0) is 11.1. The van der Waals surface area contributed by atoms with E-state index >= 15 is 0 Å². The highest BCUT2D eigenvalue weighted by Gasteiger charge is 2.06. The molecule has 0 unspecified atom stereocenters. The predicted molar refractivity (Wildman–Crippen MR) is 58.6 cm³/mol. The molecule has 0 aliphatic carbocycles. The van der Waals surface area contributed by atoms with Crippen molar-refractivity contribution in [3.8, 4) is 18.1 Å². The number of hydrogen-bond donors (Lipinski definition) is 1. The first-order chi connectivity index (χ1) is 7.25. The van der Waals surface area contributed by atoms with Crippen molar-refractivity contribution in [2.75, 3.05) is 19.7 Å². The molecule has 0 saturated carbocycles. The standard InChI is InChI=1S/C11H11ClFNO/c1-2-6-14-7-8-15-11-9(12)4-3-5-10(11)13/h1,3-5,14H,6-8H2. The summed E-state index contributed by atoms with van der Waals surface area (Å²) in [5.74, 6) is 2.05. The first-order valence-electron chi connectivity index (χ1n) is 4.46. The first-order valence-corrected chi connectivity index (χ1v) is 4.84. The third-order valence-corrected chi connectivity index (χ3v) is 1.97. The number of benzene rings is 1. The van der Waals surface area contributed by atoms with Crippen LogP contribution in [0.5, 0.6) is 5.75 Å². The summed E-state index contributed by atoms with van der Waals surface area (Å²) in [5, 5.41) is 3.19. The van der Waals surface area contributed by atoms with E-state index in [9.17, 15) is 4.39 Å². The van der Waals surface area contributed by atoms with E-state index in [1.165, 1.54) is 12.1 Å². The number of terminal acetylenes is 1. The van der Waals surface area contributed by atoms with Gasteiger partial charge in [-0.25, -0.2) is 4.39 Å². The Bertz CT molecular complexity index is 342. The van der Waals surface area contributed by atoms with Gasteiger partial charge in [0.25, 0.3) is 0 Å². The lowest BCUT2D eigenvalue weighted by Crippen LogP contribution is -2.21. The van der Waals surface area contributed by atoms with Gasteiger partial charge in [-0.3, -0.25) is 0 Å². The number of hydrogen-bond acceptors (Lipinski definition) is 2. The molecule has 0 bridgehead atoms. The molecule has 1 N–H and O–H groups in total. The van der Waals surface area contributed by atoms with Crippen LogP contribution in [0.3, 0.4) is 0 Å². The molecule has 1 aromatic rings. The molecule has 0 heterocycles. The Morgan fingerprint density at radius 3 is 3.00 bits per heavy atom. The number of ether oxygens (including phenoxy) is 1. The minimum absolute atomic E-state index is 0.0849. The molecule has 1 rings (SSSR count). The molecule has 15 heavy (non-hydrogen) atoms. The van der Waals surface area contributed by atoms with Crippen LogP contribution in [0.2, 0.25) is 5.02 Å². The topological polar surface area (TPSA) is 21.3 Å². The third-order valence-electron chi connectivity index (χ3n) is 1.67. The zero-order valence-corrected chi connectivity index (χ0v) is 8.85. The van der Waals surface area contributed by atoms with Gasteiger partial charge in [0.2, 0.25) is 0 Å². The molecule has 4 heteroatoms. The molecule has 0 spiro atoms. The minimum atomic E-state index is -0.459. The lowest BCUT2D eigenvalue weighted by Gasteiger charge is -2.08. The summed E-state index contributed by atoms with van der Waals surface area (Å²) in [6.07, 6.45) is 5.04. The molecule has 0 fully saturated rings. The lowest BCUT2D eigenvalue weighted by molar-refractivity contribution is 0.301. The fourth-order valence-corrected chi connectivity index (χ4v) is 1.22. The second kappa shape index (κ2) is 6.28. The fraction of sp³-hybridized carbons (Fsp3) is 0.273. The van der Waals surface area contributed by atoms with Crippen molar-refractivity contribution < 1.29 is 9.13 Å². The van der Waals surface area contributed by atoms with Gasteiger partial charge in [0.1, 0.15) is 6.61 Å². The second-order valence-corrected chi connectivity index (χ2v) is 3.19. The second-order valence-electron chi connectivity index (χ2n) is 2.78. The van der Waals surface area contributed by atoms with Gasteiger partial charge < -0.3 is 10.1 Å². The van der Waals surface area contributed by atoms with Crippen molar-refractivity contribution in [3.63, 3.8) is 0 Å². The molecule has 1 aromatic carbocycles. The summed E-state index contributed by atoms with van der Waals surface area (Å²) < 4.78 is 18.3. The molecule has 0 atom stereocenters. The van der Waals surface area contributed by atoms with Crippen LogP contribution in [0, 0.1) is 18.2 Å². The van der Waals surface area contributed by atoms with Crippen molar-refractivity contribution >= 4 is 11.6 Å². The quantitative estimate of drug-likeness (QED) is 0.614. The molecule has 0 radical (unpaired) electrons. The Labute approximate surface area is 93.4 Å². The Morgan fingerprint density at radius 2 is 2.33 bits per heavy atom. The highest BCUT2D eigenvalue weighted by atomic mass is 35.5. The first kappa shape index (κ1) is 11.8. The van der Waals surface area contributed by atoms with E-state index in [1.54, 1.807) is 6.07 Å². The van der Waals surface area contributed by atoms with Crippen LogP contribution in [0.4, 0.5) is 4.39 Å². The van der Waals surface area contributed by atoms with E-state index in [-0.39, 0.29) is 10.8 Å². The maximum Gasteiger partial charge on any atom is 0.173 e. The number of para-hydroxylation sites is 1. The van der Waals surface area contributed by atoms with Gasteiger partial charge in [-0.05, 0) is 12.1 Å². The molecule has 2 nitrogen and oxygen atoms in total. The lowest BCUT2D eigenvalue weighted by atomic mass is 10.3. The predicted octanol–water partition coefficient (Wildman–Crippen LogP) is 2.08. The smallest absolute Gasteiger partial charge is 0.173 e. The largest absolute Gasteiger partial charge is 0.488 e. The highest BCUT2D eigenvalue weighted by Crippen LogP contribution is 2.26. The van der Waals surface area contributed by atoms with E-state index < -0.39 is 5.82 Å². The Balaban J connectivity index is 2.41. The Morgan fingerprint density at radius 1 is 1.53 bits per heavy atom. The molecule has 80 valence electrons. The van der Waals surface area contributed by atoms with E-state index in [4.69, 9.17) is 22.8 Å². The van der Waals surface area contributed by atoms with Crippen molar-refractivity contribution in [1.29, 1.82) is 0 Å². The molecule has 0 aromatic heterocycles. The molecule has 0 aliphatic rings. The van der Waals surface area contributed by atoms with E-state index in [1.807, 2.05) is 0 Å². The van der Waals surface area contributed by atoms with Gasteiger partial charge in [-0.1, -0.05) is 23.6 Å². The van der Waals surface area contributed by atoms with E-state index in [0.29, 0.717) is 19.7 Å². The van der Waals surface area contributed by atoms with Gasteiger partial charge >= 0.3 is 0 Å².